The predicted octanol–water partition coefficient (Wildman–Crippen LogP) is 4.40. The zero-order valence-corrected chi connectivity index (χ0v) is 17.4. The zero-order chi connectivity index (χ0) is 22.4. The molecule has 3 aromatic carbocycles. The van der Waals surface area contributed by atoms with Gasteiger partial charge in [-0.3, -0.25) is 9.59 Å². The summed E-state index contributed by atoms with van der Waals surface area (Å²) in [6, 6.07) is 20.0. The molecule has 6 nitrogen and oxygen atoms in total. The van der Waals surface area contributed by atoms with Gasteiger partial charge in [0.2, 0.25) is 0 Å². The number of carbonyl (C=O) groups is 3. The second-order valence-electron chi connectivity index (χ2n) is 7.34. The second-order valence-corrected chi connectivity index (χ2v) is 7.34. The van der Waals surface area contributed by atoms with Crippen LogP contribution in [0, 0.1) is 0 Å². The lowest BCUT2D eigenvalue weighted by atomic mass is 10.0. The van der Waals surface area contributed by atoms with Crippen LogP contribution < -0.4 is 10.6 Å². The molecule has 0 atom stereocenters. The van der Waals surface area contributed by atoms with Crippen LogP contribution in [0.1, 0.15) is 44.3 Å². The number of amides is 1. The lowest BCUT2D eigenvalue weighted by Crippen LogP contribution is -2.17. The van der Waals surface area contributed by atoms with Crippen molar-refractivity contribution in [3.63, 3.8) is 0 Å². The molecule has 0 bridgehead atoms. The van der Waals surface area contributed by atoms with E-state index in [-0.39, 0.29) is 23.3 Å². The highest BCUT2D eigenvalue weighted by atomic mass is 16.4. The van der Waals surface area contributed by atoms with Crippen LogP contribution in [-0.4, -0.2) is 29.8 Å². The molecule has 6 heteroatoms. The van der Waals surface area contributed by atoms with E-state index in [0.717, 1.165) is 17.7 Å². The lowest BCUT2D eigenvalue weighted by molar-refractivity contribution is -0.116. The number of rotatable bonds is 8. The molecular weight excluding hydrogens is 392 g/mol. The molecule has 0 saturated heterocycles. The van der Waals surface area contributed by atoms with Gasteiger partial charge >= 0.3 is 5.97 Å². The molecule has 0 spiro atoms. The number of carbonyl (C=O) groups excluding carboxylic acids is 2. The maximum Gasteiger partial charge on any atom is 0.336 e. The Kier molecular flexibility index (Phi) is 6.82. The molecule has 0 fully saturated rings. The van der Waals surface area contributed by atoms with Crippen LogP contribution in [0.25, 0.3) is 0 Å². The Balaban J connectivity index is 1.71. The molecule has 0 aliphatic rings. The summed E-state index contributed by atoms with van der Waals surface area (Å²) in [6.07, 6.45) is 0.889. The summed E-state index contributed by atoms with van der Waals surface area (Å²) < 4.78 is 0. The van der Waals surface area contributed by atoms with E-state index < -0.39 is 11.9 Å². The van der Waals surface area contributed by atoms with Crippen LogP contribution in [-0.2, 0) is 17.6 Å². The fourth-order valence-corrected chi connectivity index (χ4v) is 3.29. The summed E-state index contributed by atoms with van der Waals surface area (Å²) in [5, 5.41) is 15.3. The quantitative estimate of drug-likeness (QED) is 0.506. The number of carboxylic acids is 1. The Labute approximate surface area is 180 Å². The maximum absolute atomic E-state index is 12.7. The standard InChI is InChI=1S/C25H24N2O4/c1-16(28)13-19-7-12-22(23(15-19)25(30)31)24(29)27-21-10-5-18(6-11-21)14-17-3-8-20(26-2)9-4-17/h3-12,15,26H,13-14H2,1-2H3,(H,27,29)(H,30,31). The van der Waals surface area contributed by atoms with E-state index in [0.29, 0.717) is 11.3 Å². The van der Waals surface area contributed by atoms with E-state index in [1.54, 1.807) is 18.2 Å². The molecule has 158 valence electrons. The molecule has 0 saturated carbocycles. The van der Waals surface area contributed by atoms with Crippen molar-refractivity contribution in [3.05, 3.63) is 94.5 Å². The SMILES string of the molecule is CNc1ccc(Cc2ccc(NC(=O)c3ccc(CC(C)=O)cc3C(=O)O)cc2)cc1. The van der Waals surface area contributed by atoms with Crippen molar-refractivity contribution in [3.8, 4) is 0 Å². The number of aromatic carboxylic acids is 1. The van der Waals surface area contributed by atoms with E-state index in [1.807, 2.05) is 31.3 Å². The van der Waals surface area contributed by atoms with Crippen molar-refractivity contribution in [1.29, 1.82) is 0 Å². The molecule has 0 heterocycles. The molecule has 31 heavy (non-hydrogen) atoms. The van der Waals surface area contributed by atoms with Gasteiger partial charge in [-0.15, -0.1) is 0 Å². The fourth-order valence-electron chi connectivity index (χ4n) is 3.29. The summed E-state index contributed by atoms with van der Waals surface area (Å²) in [6.45, 7) is 1.43. The van der Waals surface area contributed by atoms with Crippen LogP contribution in [0.15, 0.2) is 66.7 Å². The molecule has 3 rings (SSSR count). The summed E-state index contributed by atoms with van der Waals surface area (Å²) in [5.74, 6) is -1.80. The van der Waals surface area contributed by atoms with Gasteiger partial charge < -0.3 is 15.7 Å². The molecule has 3 aromatic rings. The predicted molar refractivity (Wildman–Crippen MR) is 121 cm³/mol. The van der Waals surface area contributed by atoms with Crippen molar-refractivity contribution in [1.82, 2.24) is 0 Å². The number of benzene rings is 3. The number of hydrogen-bond donors (Lipinski definition) is 3. The third-order valence-electron chi connectivity index (χ3n) is 4.87. The van der Waals surface area contributed by atoms with Gasteiger partial charge in [0.05, 0.1) is 11.1 Å². The highest BCUT2D eigenvalue weighted by Gasteiger charge is 2.18. The lowest BCUT2D eigenvalue weighted by Gasteiger charge is -2.10. The molecule has 0 aliphatic carbocycles. The van der Waals surface area contributed by atoms with Gasteiger partial charge in [-0.2, -0.15) is 0 Å². The van der Waals surface area contributed by atoms with Gasteiger partial charge in [-0.05, 0) is 66.4 Å². The number of Topliss-reactive ketones (excluding diaryl/α,β-unsaturated/α-hetero) is 1. The number of hydrogen-bond acceptors (Lipinski definition) is 4. The van der Waals surface area contributed by atoms with E-state index in [4.69, 9.17) is 0 Å². The highest BCUT2D eigenvalue weighted by molar-refractivity contribution is 6.10. The Morgan fingerprint density at radius 3 is 1.84 bits per heavy atom. The van der Waals surface area contributed by atoms with Gasteiger partial charge in [0.15, 0.2) is 0 Å². The molecule has 0 aromatic heterocycles. The summed E-state index contributed by atoms with van der Waals surface area (Å²) in [4.78, 5) is 35.6. The Morgan fingerprint density at radius 2 is 1.32 bits per heavy atom. The third-order valence-corrected chi connectivity index (χ3v) is 4.87. The van der Waals surface area contributed by atoms with Gasteiger partial charge in [0.25, 0.3) is 5.91 Å². The first-order valence-corrected chi connectivity index (χ1v) is 9.88. The third kappa shape index (κ3) is 5.79. The van der Waals surface area contributed by atoms with Crippen molar-refractivity contribution >= 4 is 29.0 Å². The normalized spacial score (nSPS) is 10.4. The van der Waals surface area contributed by atoms with Crippen LogP contribution in [0.5, 0.6) is 0 Å². The zero-order valence-electron chi connectivity index (χ0n) is 17.4. The summed E-state index contributed by atoms with van der Waals surface area (Å²) >= 11 is 0. The van der Waals surface area contributed by atoms with Crippen molar-refractivity contribution < 1.29 is 19.5 Å². The van der Waals surface area contributed by atoms with E-state index in [1.165, 1.54) is 24.6 Å². The number of nitrogens with one attached hydrogen (secondary N) is 2. The molecule has 0 aliphatic heterocycles. The first kappa shape index (κ1) is 21.8. The molecule has 0 unspecified atom stereocenters. The average Bonchev–Trinajstić information content (AvgIpc) is 2.75. The van der Waals surface area contributed by atoms with Gasteiger partial charge in [-0.25, -0.2) is 4.79 Å². The Bertz CT molecular complexity index is 1100. The summed E-state index contributed by atoms with van der Waals surface area (Å²) in [5.41, 5.74) is 4.38. The topological polar surface area (TPSA) is 95.5 Å². The summed E-state index contributed by atoms with van der Waals surface area (Å²) in [7, 11) is 1.88. The van der Waals surface area contributed by atoms with Crippen molar-refractivity contribution in [2.75, 3.05) is 17.7 Å². The fraction of sp³-hybridized carbons (Fsp3) is 0.160. The highest BCUT2D eigenvalue weighted by Crippen LogP contribution is 2.18. The van der Waals surface area contributed by atoms with Crippen LogP contribution in [0.3, 0.4) is 0 Å². The first-order valence-electron chi connectivity index (χ1n) is 9.88. The number of anilines is 2. The average molecular weight is 416 g/mol. The maximum atomic E-state index is 12.7. The van der Waals surface area contributed by atoms with Crippen LogP contribution in [0.2, 0.25) is 0 Å². The molecular formula is C25H24N2O4. The Hall–Kier alpha value is -3.93. The van der Waals surface area contributed by atoms with Gasteiger partial charge in [0.1, 0.15) is 5.78 Å². The second kappa shape index (κ2) is 9.71. The molecule has 1 amide bonds. The minimum atomic E-state index is -1.21. The van der Waals surface area contributed by atoms with Crippen molar-refractivity contribution in [2.24, 2.45) is 0 Å². The molecule has 0 radical (unpaired) electrons. The number of carboxylic acid groups (broad SMARTS) is 1. The smallest absolute Gasteiger partial charge is 0.336 e. The van der Waals surface area contributed by atoms with Gasteiger partial charge in [0, 0.05) is 24.8 Å². The molecule has 3 N–H and O–H groups in total. The van der Waals surface area contributed by atoms with E-state index in [2.05, 4.69) is 22.8 Å². The van der Waals surface area contributed by atoms with Crippen molar-refractivity contribution in [2.45, 2.75) is 19.8 Å². The Morgan fingerprint density at radius 1 is 0.774 bits per heavy atom. The number of ketones is 1. The van der Waals surface area contributed by atoms with E-state index >= 15 is 0 Å². The minimum absolute atomic E-state index is 0.0495. The minimum Gasteiger partial charge on any atom is -0.478 e. The first-order chi connectivity index (χ1) is 14.9. The van der Waals surface area contributed by atoms with Crippen LogP contribution >= 0.6 is 0 Å². The monoisotopic (exact) mass is 416 g/mol. The van der Waals surface area contributed by atoms with Gasteiger partial charge in [-0.1, -0.05) is 30.3 Å². The largest absolute Gasteiger partial charge is 0.478 e. The van der Waals surface area contributed by atoms with E-state index in [9.17, 15) is 19.5 Å². The van der Waals surface area contributed by atoms with Crippen LogP contribution in [0.4, 0.5) is 11.4 Å².